The van der Waals surface area contributed by atoms with Gasteiger partial charge in [0.15, 0.2) is 0 Å². The summed E-state index contributed by atoms with van der Waals surface area (Å²) >= 11 is 0. The van der Waals surface area contributed by atoms with Crippen molar-refractivity contribution in [1.82, 2.24) is 20.4 Å². The first kappa shape index (κ1) is 26.7. The molecule has 0 aliphatic rings. The van der Waals surface area contributed by atoms with Crippen LogP contribution in [0.15, 0.2) is 48.5 Å². The molecule has 2 aromatic carbocycles. The van der Waals surface area contributed by atoms with Crippen molar-refractivity contribution in [2.24, 2.45) is 0 Å². The lowest BCUT2D eigenvalue weighted by atomic mass is 10.1. The molecule has 0 aliphatic carbocycles. The van der Waals surface area contributed by atoms with Crippen LogP contribution in [0.5, 0.6) is 0 Å². The maximum atomic E-state index is 11.0. The van der Waals surface area contributed by atoms with Gasteiger partial charge in [-0.25, -0.2) is 9.59 Å². The molecule has 10 nitrogen and oxygen atoms in total. The number of carboxylic acid groups (broad SMARTS) is 2. The first-order chi connectivity index (χ1) is 15.0. The van der Waals surface area contributed by atoms with E-state index in [1.807, 2.05) is 0 Å². The van der Waals surface area contributed by atoms with E-state index in [1.165, 1.54) is 24.3 Å². The molecule has 0 bridgehead atoms. The quantitative estimate of drug-likeness (QED) is 0.567. The summed E-state index contributed by atoms with van der Waals surface area (Å²) in [6.45, 7) is 0. The van der Waals surface area contributed by atoms with E-state index in [0.29, 0.717) is 11.1 Å². The van der Waals surface area contributed by atoms with E-state index < -0.39 is 33.5 Å². The van der Waals surface area contributed by atoms with Gasteiger partial charge in [0, 0.05) is 57.7 Å². The smallest absolute Gasteiger partial charge is 0.335 e. The monoisotopic (exact) mass is 478 g/mol. The van der Waals surface area contributed by atoms with Crippen LogP contribution < -0.4 is 0 Å². The number of carbonyl (C=O) groups is 2. The Morgan fingerprint density at radius 3 is 1.19 bits per heavy atom. The molecule has 0 atom stereocenters. The van der Waals surface area contributed by atoms with Crippen LogP contribution in [0.1, 0.15) is 20.7 Å². The van der Waals surface area contributed by atoms with Crippen LogP contribution in [0.4, 0.5) is 0 Å². The number of hydrogen-bond acceptors (Lipinski definition) is 8. The second-order valence-corrected chi connectivity index (χ2v) is 9.27. The number of benzene rings is 2. The van der Waals surface area contributed by atoms with Gasteiger partial charge < -0.3 is 10.2 Å². The summed E-state index contributed by atoms with van der Waals surface area (Å²) in [5.74, 6) is -1.76. The summed E-state index contributed by atoms with van der Waals surface area (Å²) in [4.78, 5) is 22.0. The van der Waals surface area contributed by atoms with Gasteiger partial charge in [-0.2, -0.15) is 0 Å². The Kier molecular flexibility index (Phi) is 10.9. The van der Waals surface area contributed by atoms with Crippen molar-refractivity contribution in [3.05, 3.63) is 59.7 Å². The maximum Gasteiger partial charge on any atom is 0.335 e. The van der Waals surface area contributed by atoms with E-state index in [9.17, 15) is 18.0 Å². The number of aromatic carboxylic acids is 2. The first-order valence-electron chi connectivity index (χ1n) is 8.76. The van der Waals surface area contributed by atoms with E-state index >= 15 is 0 Å². The highest BCUT2D eigenvalue weighted by atomic mass is 32.2. The fraction of sp³-hybridized carbons (Fsp3) is 0.200. The van der Waals surface area contributed by atoms with Crippen LogP contribution in [0.3, 0.4) is 0 Å². The van der Waals surface area contributed by atoms with Gasteiger partial charge in [-0.05, 0) is 24.3 Å². The Morgan fingerprint density at radius 2 is 0.938 bits per heavy atom. The average molecular weight is 479 g/mol. The molecule has 12 heteroatoms. The predicted molar refractivity (Wildman–Crippen MR) is 122 cm³/mol. The van der Waals surface area contributed by atoms with E-state index in [2.05, 4.69) is 20.4 Å². The standard InChI is InChI=1S/C16H10N4O4.2C2H6OS/c21-15(22)11-5-1-3-9(7-11)13-17-19-14(20-18-13)10-4-2-6-12(8-10)16(23)24;2*1-4(2)3/h1-8H,(H,21,22)(H,23,24);2*1-2H3. The molecule has 0 saturated heterocycles. The Morgan fingerprint density at radius 1 is 0.656 bits per heavy atom. The van der Waals surface area contributed by atoms with Crippen molar-refractivity contribution < 1.29 is 28.2 Å². The van der Waals surface area contributed by atoms with Crippen molar-refractivity contribution in [1.29, 1.82) is 0 Å². The molecule has 0 aliphatic heterocycles. The third-order valence-electron chi connectivity index (χ3n) is 3.21. The van der Waals surface area contributed by atoms with Crippen LogP contribution in [0.25, 0.3) is 22.8 Å². The predicted octanol–water partition coefficient (Wildman–Crippen LogP) is 1.99. The van der Waals surface area contributed by atoms with Crippen molar-refractivity contribution in [2.45, 2.75) is 0 Å². The van der Waals surface area contributed by atoms with Crippen LogP contribution >= 0.6 is 0 Å². The molecule has 1 heterocycles. The van der Waals surface area contributed by atoms with Gasteiger partial charge in [-0.15, -0.1) is 20.4 Å². The summed E-state index contributed by atoms with van der Waals surface area (Å²) in [5, 5.41) is 33.7. The summed E-state index contributed by atoms with van der Waals surface area (Å²) in [6.07, 6.45) is 6.56. The van der Waals surface area contributed by atoms with Crippen LogP contribution in [-0.2, 0) is 21.6 Å². The molecule has 0 fully saturated rings. The van der Waals surface area contributed by atoms with E-state index in [-0.39, 0.29) is 22.8 Å². The van der Waals surface area contributed by atoms with Crippen LogP contribution in [0.2, 0.25) is 0 Å². The van der Waals surface area contributed by atoms with Gasteiger partial charge in [0.1, 0.15) is 0 Å². The van der Waals surface area contributed by atoms with Crippen molar-refractivity contribution >= 4 is 33.5 Å². The lowest BCUT2D eigenvalue weighted by Gasteiger charge is -2.02. The minimum absolute atomic E-state index is 0.106. The second kappa shape index (κ2) is 13.1. The van der Waals surface area contributed by atoms with Crippen molar-refractivity contribution in [3.63, 3.8) is 0 Å². The van der Waals surface area contributed by atoms with Crippen molar-refractivity contribution in [3.8, 4) is 22.8 Å². The lowest BCUT2D eigenvalue weighted by molar-refractivity contribution is 0.0686. The second-order valence-electron chi connectivity index (χ2n) is 6.30. The molecule has 0 saturated carbocycles. The third-order valence-corrected chi connectivity index (χ3v) is 3.21. The lowest BCUT2D eigenvalue weighted by Crippen LogP contribution is -2.02. The van der Waals surface area contributed by atoms with Crippen molar-refractivity contribution in [2.75, 3.05) is 25.0 Å². The third kappa shape index (κ3) is 9.62. The van der Waals surface area contributed by atoms with Gasteiger partial charge in [0.2, 0.25) is 11.6 Å². The molecule has 2 N–H and O–H groups in total. The van der Waals surface area contributed by atoms with Gasteiger partial charge in [0.25, 0.3) is 0 Å². The zero-order valence-corrected chi connectivity index (χ0v) is 19.4. The number of hydrogen-bond donors (Lipinski definition) is 2. The number of aromatic nitrogens is 4. The Labute approximate surface area is 189 Å². The molecule has 0 unspecified atom stereocenters. The minimum Gasteiger partial charge on any atom is -0.478 e. The van der Waals surface area contributed by atoms with Gasteiger partial charge in [0.05, 0.1) is 11.1 Å². The van der Waals surface area contributed by atoms with Gasteiger partial charge >= 0.3 is 11.9 Å². The Balaban J connectivity index is 0.000000554. The molecular formula is C20H22N4O6S2. The average Bonchev–Trinajstić information content (AvgIpc) is 2.73. The van der Waals surface area contributed by atoms with E-state index in [4.69, 9.17) is 10.2 Å². The molecular weight excluding hydrogens is 456 g/mol. The maximum absolute atomic E-state index is 11.0. The molecule has 0 spiro atoms. The molecule has 170 valence electrons. The molecule has 32 heavy (non-hydrogen) atoms. The molecule has 3 rings (SSSR count). The molecule has 3 aromatic rings. The molecule has 0 radical (unpaired) electrons. The normalized spacial score (nSPS) is 9.94. The first-order valence-corrected chi connectivity index (χ1v) is 12.7. The SMILES string of the molecule is CS(C)=O.CS(C)=O.O=C(O)c1cccc(-c2nnc(-c3cccc(C(=O)O)c3)nn2)c1. The number of rotatable bonds is 4. The summed E-state index contributed by atoms with van der Waals surface area (Å²) in [6, 6.07) is 12.2. The zero-order chi connectivity index (χ0) is 24.3. The van der Waals surface area contributed by atoms with E-state index in [0.717, 1.165) is 0 Å². The van der Waals surface area contributed by atoms with Crippen LogP contribution in [0, 0.1) is 0 Å². The minimum atomic E-state index is -1.06. The summed E-state index contributed by atoms with van der Waals surface area (Å²) in [5.41, 5.74) is 1.16. The number of carboxylic acids is 2. The zero-order valence-electron chi connectivity index (χ0n) is 17.8. The highest BCUT2D eigenvalue weighted by Gasteiger charge is 2.11. The highest BCUT2D eigenvalue weighted by molar-refractivity contribution is 7.83. The Bertz CT molecular complexity index is 1030. The highest BCUT2D eigenvalue weighted by Crippen LogP contribution is 2.18. The van der Waals surface area contributed by atoms with Gasteiger partial charge in [-0.1, -0.05) is 24.3 Å². The number of nitrogens with zero attached hydrogens (tertiary/aromatic N) is 4. The molecule has 0 amide bonds. The largest absolute Gasteiger partial charge is 0.478 e. The van der Waals surface area contributed by atoms with Crippen LogP contribution in [-0.4, -0.2) is 76.0 Å². The molecule has 1 aromatic heterocycles. The van der Waals surface area contributed by atoms with E-state index in [1.54, 1.807) is 49.3 Å². The summed E-state index contributed by atoms with van der Waals surface area (Å²) in [7, 11) is -1.22. The fourth-order valence-electron chi connectivity index (χ4n) is 2.04. The fourth-order valence-corrected chi connectivity index (χ4v) is 2.04. The topological polar surface area (TPSA) is 160 Å². The summed E-state index contributed by atoms with van der Waals surface area (Å²) < 4.78 is 19.1. The Hall–Kier alpha value is -3.38. The van der Waals surface area contributed by atoms with Gasteiger partial charge in [-0.3, -0.25) is 8.42 Å².